The minimum atomic E-state index is -0.281. The number of rotatable bonds is 3. The fourth-order valence-corrected chi connectivity index (χ4v) is 2.63. The molecule has 0 fully saturated rings. The molecular weight excluding hydrogens is 326 g/mol. The third-order valence-electron chi connectivity index (χ3n) is 3.73. The molecule has 0 aliphatic carbocycles. The van der Waals surface area contributed by atoms with Gasteiger partial charge >= 0.3 is 0 Å². The predicted molar refractivity (Wildman–Crippen MR) is 93.1 cm³/mol. The second-order valence-corrected chi connectivity index (χ2v) is 5.89. The molecule has 0 amide bonds. The summed E-state index contributed by atoms with van der Waals surface area (Å²) >= 11 is 5.96. The molecule has 0 saturated carbocycles. The first kappa shape index (κ1) is 16.0. The molecule has 2 N–H and O–H groups in total. The van der Waals surface area contributed by atoms with Gasteiger partial charge in [-0.15, -0.1) is 0 Å². The largest absolute Gasteiger partial charge is 0.363 e. The maximum Gasteiger partial charge on any atom is 0.254 e. The maximum atomic E-state index is 12.3. The first-order valence-corrected chi connectivity index (χ1v) is 7.68. The molecule has 6 nitrogen and oxygen atoms in total. The molecule has 0 saturated heterocycles. The number of aromatic nitrogens is 3. The second kappa shape index (κ2) is 6.30. The number of nitriles is 1. The lowest BCUT2D eigenvalue weighted by atomic mass is 10.1. The zero-order valence-corrected chi connectivity index (χ0v) is 13.8. The number of nitrogens with one attached hydrogen (secondary N) is 2. The lowest BCUT2D eigenvalue weighted by Crippen LogP contribution is -2.20. The van der Waals surface area contributed by atoms with Crippen LogP contribution in [0.4, 0.5) is 5.82 Å². The lowest BCUT2D eigenvalue weighted by Gasteiger charge is -2.15. The van der Waals surface area contributed by atoms with Crippen molar-refractivity contribution in [3.63, 3.8) is 0 Å². The highest BCUT2D eigenvalue weighted by molar-refractivity contribution is 6.31. The van der Waals surface area contributed by atoms with E-state index in [0.717, 1.165) is 5.39 Å². The zero-order chi connectivity index (χ0) is 17.3. The summed E-state index contributed by atoms with van der Waals surface area (Å²) in [5.41, 5.74) is 1.99. The third kappa shape index (κ3) is 3.07. The van der Waals surface area contributed by atoms with Gasteiger partial charge in [-0.3, -0.25) is 4.79 Å². The molecule has 0 aromatic carbocycles. The van der Waals surface area contributed by atoms with Gasteiger partial charge in [0.25, 0.3) is 5.56 Å². The second-order valence-electron chi connectivity index (χ2n) is 5.45. The minimum absolute atomic E-state index is 0.220. The quantitative estimate of drug-likeness (QED) is 0.763. The summed E-state index contributed by atoms with van der Waals surface area (Å²) in [6, 6.07) is 8.73. The SMILES string of the molecule is Cc1nc(N[C@@H](C)c2cc3cc(Cl)cnc3[nH]c2=O)ccc1C#N. The van der Waals surface area contributed by atoms with Gasteiger partial charge in [0, 0.05) is 17.1 Å². The standard InChI is InChI=1S/C17H14ClN5O/c1-9-11(7-19)3-4-15(21-9)22-10(2)14-6-12-5-13(18)8-20-16(12)23-17(14)24/h3-6,8,10H,1-2H3,(H,21,22)(H,20,23,24)/t10-/m0/s1. The monoisotopic (exact) mass is 339 g/mol. The summed E-state index contributed by atoms with van der Waals surface area (Å²) < 4.78 is 0. The number of nitrogens with zero attached hydrogens (tertiary/aromatic N) is 3. The Bertz CT molecular complexity index is 1020. The Morgan fingerprint density at radius 1 is 1.38 bits per heavy atom. The molecule has 3 aromatic heterocycles. The van der Waals surface area contributed by atoms with E-state index in [1.807, 2.05) is 6.92 Å². The van der Waals surface area contributed by atoms with Gasteiger partial charge in [-0.2, -0.15) is 5.26 Å². The molecule has 3 aromatic rings. The number of H-pyrrole nitrogens is 1. The average Bonchev–Trinajstić information content (AvgIpc) is 2.54. The number of aromatic amines is 1. The van der Waals surface area contributed by atoms with Crippen LogP contribution >= 0.6 is 11.6 Å². The van der Waals surface area contributed by atoms with Crippen molar-refractivity contribution in [2.45, 2.75) is 19.9 Å². The van der Waals surface area contributed by atoms with E-state index in [1.165, 1.54) is 6.20 Å². The van der Waals surface area contributed by atoms with Crippen LogP contribution in [0.5, 0.6) is 0 Å². The van der Waals surface area contributed by atoms with Crippen molar-refractivity contribution in [1.29, 1.82) is 5.26 Å². The van der Waals surface area contributed by atoms with Gasteiger partial charge in [-0.25, -0.2) is 9.97 Å². The third-order valence-corrected chi connectivity index (χ3v) is 3.93. The molecule has 0 radical (unpaired) electrons. The van der Waals surface area contributed by atoms with Crippen LogP contribution in [0.15, 0.2) is 35.3 Å². The predicted octanol–water partition coefficient (Wildman–Crippen LogP) is 3.32. The van der Waals surface area contributed by atoms with Gasteiger partial charge in [0.05, 0.1) is 22.3 Å². The van der Waals surface area contributed by atoms with E-state index < -0.39 is 0 Å². The normalized spacial score (nSPS) is 11.9. The molecule has 3 heterocycles. The van der Waals surface area contributed by atoms with Crippen molar-refractivity contribution in [1.82, 2.24) is 15.0 Å². The fourth-order valence-electron chi connectivity index (χ4n) is 2.46. The first-order valence-electron chi connectivity index (χ1n) is 7.30. The zero-order valence-electron chi connectivity index (χ0n) is 13.1. The van der Waals surface area contributed by atoms with Crippen LogP contribution < -0.4 is 10.9 Å². The van der Waals surface area contributed by atoms with E-state index in [9.17, 15) is 4.79 Å². The Balaban J connectivity index is 1.95. The molecule has 24 heavy (non-hydrogen) atoms. The summed E-state index contributed by atoms with van der Waals surface area (Å²) in [7, 11) is 0. The molecular formula is C17H14ClN5O. The van der Waals surface area contributed by atoms with E-state index >= 15 is 0 Å². The number of aryl methyl sites for hydroxylation is 1. The van der Waals surface area contributed by atoms with Gasteiger partial charge < -0.3 is 10.3 Å². The van der Waals surface area contributed by atoms with Gasteiger partial charge in [0.15, 0.2) is 0 Å². The lowest BCUT2D eigenvalue weighted by molar-refractivity contribution is 0.854. The van der Waals surface area contributed by atoms with E-state index in [0.29, 0.717) is 33.3 Å². The number of hydrogen-bond acceptors (Lipinski definition) is 5. The molecule has 0 unspecified atom stereocenters. The van der Waals surface area contributed by atoms with E-state index in [-0.39, 0.29) is 11.6 Å². The Kier molecular flexibility index (Phi) is 4.19. The van der Waals surface area contributed by atoms with Crippen molar-refractivity contribution in [2.75, 3.05) is 5.32 Å². The van der Waals surface area contributed by atoms with Gasteiger partial charge in [0.1, 0.15) is 17.5 Å². The average molecular weight is 340 g/mol. The molecule has 0 bridgehead atoms. The minimum Gasteiger partial charge on any atom is -0.363 e. The van der Waals surface area contributed by atoms with Gasteiger partial charge in [-0.05, 0) is 38.1 Å². The number of anilines is 1. The summed E-state index contributed by atoms with van der Waals surface area (Å²) in [6.07, 6.45) is 1.49. The molecule has 1 atom stereocenters. The van der Waals surface area contributed by atoms with E-state index in [2.05, 4.69) is 26.3 Å². The number of halogens is 1. The van der Waals surface area contributed by atoms with Crippen LogP contribution in [-0.2, 0) is 0 Å². The molecule has 0 spiro atoms. The fraction of sp³-hybridized carbons (Fsp3) is 0.176. The number of hydrogen-bond donors (Lipinski definition) is 2. The summed E-state index contributed by atoms with van der Waals surface area (Å²) in [4.78, 5) is 23.5. The topological polar surface area (TPSA) is 94.5 Å². The highest BCUT2D eigenvalue weighted by Gasteiger charge is 2.13. The summed E-state index contributed by atoms with van der Waals surface area (Å²) in [6.45, 7) is 3.63. The molecule has 3 rings (SSSR count). The van der Waals surface area contributed by atoms with Crippen LogP contribution in [0.2, 0.25) is 5.02 Å². The van der Waals surface area contributed by atoms with Crippen LogP contribution in [0.3, 0.4) is 0 Å². The van der Waals surface area contributed by atoms with Gasteiger partial charge in [-0.1, -0.05) is 11.6 Å². The van der Waals surface area contributed by atoms with Crippen molar-refractivity contribution >= 4 is 28.5 Å². The highest BCUT2D eigenvalue weighted by Crippen LogP contribution is 2.20. The maximum absolute atomic E-state index is 12.3. The van der Waals surface area contributed by atoms with Crippen molar-refractivity contribution in [3.8, 4) is 6.07 Å². The molecule has 120 valence electrons. The van der Waals surface area contributed by atoms with Crippen LogP contribution in [0.1, 0.15) is 29.8 Å². The number of pyridine rings is 3. The molecule has 7 heteroatoms. The number of fused-ring (bicyclic) bond motifs is 1. The Hall–Kier alpha value is -2.91. The van der Waals surface area contributed by atoms with Crippen LogP contribution in [0.25, 0.3) is 11.0 Å². The van der Waals surface area contributed by atoms with Crippen molar-refractivity contribution in [2.24, 2.45) is 0 Å². The van der Waals surface area contributed by atoms with Gasteiger partial charge in [0.2, 0.25) is 0 Å². The summed E-state index contributed by atoms with van der Waals surface area (Å²) in [5, 5.41) is 13.4. The smallest absolute Gasteiger partial charge is 0.254 e. The van der Waals surface area contributed by atoms with Crippen molar-refractivity contribution < 1.29 is 0 Å². The Morgan fingerprint density at radius 2 is 2.17 bits per heavy atom. The first-order chi connectivity index (χ1) is 11.5. The molecule has 0 aliphatic heterocycles. The van der Waals surface area contributed by atoms with E-state index in [1.54, 1.807) is 31.2 Å². The van der Waals surface area contributed by atoms with E-state index in [4.69, 9.17) is 16.9 Å². The Morgan fingerprint density at radius 3 is 2.88 bits per heavy atom. The van der Waals surface area contributed by atoms with Crippen LogP contribution in [0, 0.1) is 18.3 Å². The van der Waals surface area contributed by atoms with Crippen molar-refractivity contribution in [3.05, 3.63) is 62.7 Å². The summed E-state index contributed by atoms with van der Waals surface area (Å²) in [5.74, 6) is 0.600. The Labute approximate surface area is 143 Å². The van der Waals surface area contributed by atoms with Crippen LogP contribution in [-0.4, -0.2) is 15.0 Å². The molecule has 0 aliphatic rings. The highest BCUT2D eigenvalue weighted by atomic mass is 35.5.